The standard InChI is InChI=1S/C18H29N3O3/c1-16(15(19)23)3-2-4-21(16)14(22)10-20-17-6-12-5-13(7-17)9-18(24,8-12)11-17/h12-13,20,24H,2-11H2,1H3,(H2,19,23)/t12?,13?,16-,17?,18?/m0/s1. The Morgan fingerprint density at radius 2 is 1.92 bits per heavy atom. The van der Waals surface area contributed by atoms with Crippen molar-refractivity contribution in [1.82, 2.24) is 10.2 Å². The highest BCUT2D eigenvalue weighted by atomic mass is 16.3. The molecule has 1 heterocycles. The van der Waals surface area contributed by atoms with Gasteiger partial charge in [-0.15, -0.1) is 0 Å². The minimum absolute atomic E-state index is 0.0449. The Morgan fingerprint density at radius 1 is 1.25 bits per heavy atom. The van der Waals surface area contributed by atoms with E-state index >= 15 is 0 Å². The van der Waals surface area contributed by atoms with Gasteiger partial charge in [0.1, 0.15) is 5.54 Å². The number of hydrogen-bond donors (Lipinski definition) is 3. The van der Waals surface area contributed by atoms with Crippen LogP contribution in [0.25, 0.3) is 0 Å². The fraction of sp³-hybridized carbons (Fsp3) is 0.889. The molecule has 4 N–H and O–H groups in total. The van der Waals surface area contributed by atoms with Crippen molar-refractivity contribution in [3.63, 3.8) is 0 Å². The van der Waals surface area contributed by atoms with Gasteiger partial charge in [-0.3, -0.25) is 9.59 Å². The molecule has 2 amide bonds. The van der Waals surface area contributed by atoms with E-state index in [0.29, 0.717) is 24.8 Å². The molecule has 5 aliphatic rings. The normalized spacial score (nSPS) is 46.5. The highest BCUT2D eigenvalue weighted by Gasteiger charge is 2.57. The van der Waals surface area contributed by atoms with Crippen LogP contribution in [0.5, 0.6) is 0 Å². The molecule has 0 aromatic heterocycles. The van der Waals surface area contributed by atoms with Crippen molar-refractivity contribution in [3.05, 3.63) is 0 Å². The second-order valence-electron chi connectivity index (χ2n) is 9.11. The molecule has 6 nitrogen and oxygen atoms in total. The van der Waals surface area contributed by atoms with Crippen LogP contribution in [0.4, 0.5) is 0 Å². The maximum atomic E-state index is 12.7. The van der Waals surface area contributed by atoms with Gasteiger partial charge in [0.25, 0.3) is 0 Å². The number of nitrogens with one attached hydrogen (secondary N) is 1. The third kappa shape index (κ3) is 2.46. The van der Waals surface area contributed by atoms with Crippen LogP contribution < -0.4 is 11.1 Å². The van der Waals surface area contributed by atoms with Gasteiger partial charge in [-0.1, -0.05) is 0 Å². The summed E-state index contributed by atoms with van der Waals surface area (Å²) in [6.45, 7) is 2.61. The predicted molar refractivity (Wildman–Crippen MR) is 88.9 cm³/mol. The molecule has 0 radical (unpaired) electrons. The molecule has 0 aromatic rings. The number of rotatable bonds is 4. The van der Waals surface area contributed by atoms with E-state index in [2.05, 4.69) is 5.32 Å². The summed E-state index contributed by atoms with van der Waals surface area (Å²) in [5, 5.41) is 14.3. The molecular formula is C18H29N3O3. The van der Waals surface area contributed by atoms with Crippen LogP contribution in [0.3, 0.4) is 0 Å². The lowest BCUT2D eigenvalue weighted by Gasteiger charge is -2.60. The number of amides is 2. The minimum Gasteiger partial charge on any atom is -0.390 e. The molecule has 24 heavy (non-hydrogen) atoms. The number of nitrogens with two attached hydrogens (primary N) is 1. The molecule has 1 aliphatic heterocycles. The molecular weight excluding hydrogens is 306 g/mol. The van der Waals surface area contributed by atoms with Gasteiger partial charge in [0, 0.05) is 12.1 Å². The maximum absolute atomic E-state index is 12.7. The van der Waals surface area contributed by atoms with Crippen molar-refractivity contribution in [2.75, 3.05) is 13.1 Å². The summed E-state index contributed by atoms with van der Waals surface area (Å²) in [5.41, 5.74) is 4.05. The zero-order valence-corrected chi connectivity index (χ0v) is 14.5. The predicted octanol–water partition coefficient (Wildman–Crippen LogP) is 0.526. The monoisotopic (exact) mass is 335 g/mol. The summed E-state index contributed by atoms with van der Waals surface area (Å²) in [5.74, 6) is 0.706. The Bertz CT molecular complexity index is 564. The van der Waals surface area contributed by atoms with Gasteiger partial charge < -0.3 is 21.1 Å². The van der Waals surface area contributed by atoms with Gasteiger partial charge in [0.15, 0.2) is 0 Å². The van der Waals surface area contributed by atoms with E-state index in [1.807, 2.05) is 0 Å². The lowest BCUT2D eigenvalue weighted by atomic mass is 9.51. The summed E-state index contributed by atoms with van der Waals surface area (Å²) in [6.07, 6.45) is 7.42. The molecule has 4 saturated carbocycles. The first kappa shape index (κ1) is 16.3. The Kier molecular flexibility index (Phi) is 3.52. The molecule has 1 saturated heterocycles. The van der Waals surface area contributed by atoms with Gasteiger partial charge in [-0.05, 0) is 70.1 Å². The summed E-state index contributed by atoms with van der Waals surface area (Å²) in [6, 6.07) is 0. The van der Waals surface area contributed by atoms with E-state index in [1.54, 1.807) is 11.8 Å². The molecule has 0 aromatic carbocycles. The fourth-order valence-electron chi connectivity index (χ4n) is 6.40. The van der Waals surface area contributed by atoms with Crippen molar-refractivity contribution in [2.24, 2.45) is 17.6 Å². The van der Waals surface area contributed by atoms with Crippen molar-refractivity contribution in [3.8, 4) is 0 Å². The molecule has 6 heteroatoms. The zero-order valence-electron chi connectivity index (χ0n) is 14.5. The van der Waals surface area contributed by atoms with Crippen LogP contribution in [0.1, 0.15) is 58.3 Å². The SMILES string of the molecule is C[C@@]1(C(N)=O)CCCN1C(=O)CNC12CC3CC(CC(O)(C3)C1)C2. The van der Waals surface area contributed by atoms with Gasteiger partial charge >= 0.3 is 0 Å². The van der Waals surface area contributed by atoms with E-state index in [0.717, 1.165) is 38.5 Å². The minimum atomic E-state index is -0.849. The number of aliphatic hydroxyl groups is 1. The van der Waals surface area contributed by atoms with Crippen molar-refractivity contribution >= 4 is 11.8 Å². The molecule has 4 aliphatic carbocycles. The molecule has 0 spiro atoms. The lowest BCUT2D eigenvalue weighted by molar-refractivity contribution is -0.149. The first-order valence-corrected chi connectivity index (χ1v) is 9.32. The molecule has 3 atom stereocenters. The summed E-state index contributed by atoms with van der Waals surface area (Å²) >= 11 is 0. The van der Waals surface area contributed by atoms with Crippen LogP contribution in [0, 0.1) is 11.8 Å². The lowest BCUT2D eigenvalue weighted by Crippen LogP contribution is -2.66. The van der Waals surface area contributed by atoms with Gasteiger partial charge in [-0.25, -0.2) is 0 Å². The Labute approximate surface area is 143 Å². The third-order valence-corrected chi connectivity index (χ3v) is 7.12. The molecule has 4 bridgehead atoms. The summed E-state index contributed by atoms with van der Waals surface area (Å²) < 4.78 is 0. The van der Waals surface area contributed by atoms with Crippen LogP contribution in [-0.4, -0.2) is 51.6 Å². The Balaban J connectivity index is 1.44. The number of hydrogen-bond acceptors (Lipinski definition) is 4. The Morgan fingerprint density at radius 3 is 2.50 bits per heavy atom. The largest absolute Gasteiger partial charge is 0.390 e. The van der Waals surface area contributed by atoms with Crippen LogP contribution >= 0.6 is 0 Å². The second kappa shape index (κ2) is 5.18. The third-order valence-electron chi connectivity index (χ3n) is 7.12. The van der Waals surface area contributed by atoms with Crippen molar-refractivity contribution < 1.29 is 14.7 Å². The van der Waals surface area contributed by atoms with Gasteiger partial charge in [0.2, 0.25) is 11.8 Å². The fourth-order valence-corrected chi connectivity index (χ4v) is 6.40. The topological polar surface area (TPSA) is 95.7 Å². The average molecular weight is 335 g/mol. The van der Waals surface area contributed by atoms with Gasteiger partial charge in [-0.2, -0.15) is 0 Å². The van der Waals surface area contributed by atoms with E-state index < -0.39 is 17.0 Å². The first-order chi connectivity index (χ1) is 11.2. The van der Waals surface area contributed by atoms with E-state index in [9.17, 15) is 14.7 Å². The number of carbonyl (C=O) groups excluding carboxylic acids is 2. The van der Waals surface area contributed by atoms with E-state index in [4.69, 9.17) is 5.73 Å². The second-order valence-corrected chi connectivity index (χ2v) is 9.11. The zero-order chi connectivity index (χ0) is 17.2. The highest BCUT2D eigenvalue weighted by Crippen LogP contribution is 2.57. The number of primary amides is 1. The summed E-state index contributed by atoms with van der Waals surface area (Å²) in [7, 11) is 0. The average Bonchev–Trinajstić information content (AvgIpc) is 2.86. The van der Waals surface area contributed by atoms with Crippen LogP contribution in [0.15, 0.2) is 0 Å². The number of carbonyl (C=O) groups is 2. The number of likely N-dealkylation sites (tertiary alicyclic amines) is 1. The van der Waals surface area contributed by atoms with E-state index in [-0.39, 0.29) is 18.0 Å². The molecule has 5 fully saturated rings. The van der Waals surface area contributed by atoms with Gasteiger partial charge in [0.05, 0.1) is 12.1 Å². The summed E-state index contributed by atoms with van der Waals surface area (Å²) in [4.78, 5) is 26.2. The van der Waals surface area contributed by atoms with Crippen molar-refractivity contribution in [2.45, 2.75) is 75.0 Å². The number of nitrogens with zero attached hydrogens (tertiary/aromatic N) is 1. The van der Waals surface area contributed by atoms with Crippen LogP contribution in [-0.2, 0) is 9.59 Å². The quantitative estimate of drug-likeness (QED) is 0.698. The molecule has 134 valence electrons. The Hall–Kier alpha value is -1.14. The van der Waals surface area contributed by atoms with E-state index in [1.165, 1.54) is 6.42 Å². The van der Waals surface area contributed by atoms with Crippen LogP contribution in [0.2, 0.25) is 0 Å². The molecule has 5 rings (SSSR count). The highest BCUT2D eigenvalue weighted by molar-refractivity contribution is 5.91. The molecule has 2 unspecified atom stereocenters. The first-order valence-electron chi connectivity index (χ1n) is 9.32. The smallest absolute Gasteiger partial charge is 0.243 e. The maximum Gasteiger partial charge on any atom is 0.243 e. The van der Waals surface area contributed by atoms with Crippen molar-refractivity contribution in [1.29, 1.82) is 0 Å².